The van der Waals surface area contributed by atoms with Crippen molar-refractivity contribution in [3.8, 4) is 5.75 Å². The van der Waals surface area contributed by atoms with E-state index in [9.17, 15) is 4.79 Å². The summed E-state index contributed by atoms with van der Waals surface area (Å²) in [7, 11) is 2.01. The lowest BCUT2D eigenvalue weighted by atomic mass is 10.2. The number of nitrogens with zero attached hydrogens (tertiary/aromatic N) is 4. The Morgan fingerprint density at radius 3 is 2.68 bits per heavy atom. The molecule has 0 bridgehead atoms. The van der Waals surface area contributed by atoms with Crippen LogP contribution in [0.5, 0.6) is 5.75 Å². The molecule has 0 saturated carbocycles. The Balaban J connectivity index is 1.41. The normalized spacial score (nSPS) is 11.1. The van der Waals surface area contributed by atoms with Crippen LogP contribution in [-0.4, -0.2) is 31.8 Å². The van der Waals surface area contributed by atoms with Gasteiger partial charge in [-0.1, -0.05) is 12.1 Å². The van der Waals surface area contributed by atoms with Crippen LogP contribution in [0.1, 0.15) is 22.8 Å². The lowest BCUT2D eigenvalue weighted by molar-refractivity contribution is -0.118. The van der Waals surface area contributed by atoms with Gasteiger partial charge in [-0.3, -0.25) is 9.48 Å². The maximum Gasteiger partial charge on any atom is 0.262 e. The van der Waals surface area contributed by atoms with E-state index in [1.165, 1.54) is 0 Å². The molecule has 2 heterocycles. The van der Waals surface area contributed by atoms with Crippen molar-refractivity contribution < 1.29 is 9.53 Å². The summed E-state index contributed by atoms with van der Waals surface area (Å²) in [5, 5.41) is 7.41. The van der Waals surface area contributed by atoms with Gasteiger partial charge in [-0.25, -0.2) is 4.98 Å². The molecule has 160 valence electrons. The molecule has 4 aromatic rings. The van der Waals surface area contributed by atoms with E-state index < -0.39 is 0 Å². The highest BCUT2D eigenvalue weighted by Gasteiger charge is 2.11. The van der Waals surface area contributed by atoms with E-state index in [1.54, 1.807) is 0 Å². The van der Waals surface area contributed by atoms with Crippen LogP contribution >= 0.6 is 0 Å². The molecule has 4 rings (SSSR count). The third-order valence-corrected chi connectivity index (χ3v) is 5.27. The van der Waals surface area contributed by atoms with Gasteiger partial charge >= 0.3 is 0 Å². The number of nitrogens with one attached hydrogen (secondary N) is 1. The predicted octanol–water partition coefficient (Wildman–Crippen LogP) is 3.96. The van der Waals surface area contributed by atoms with Crippen LogP contribution in [0.25, 0.3) is 11.0 Å². The van der Waals surface area contributed by atoms with E-state index in [0.29, 0.717) is 11.4 Å². The van der Waals surface area contributed by atoms with E-state index in [2.05, 4.69) is 28.0 Å². The number of amides is 1. The van der Waals surface area contributed by atoms with Gasteiger partial charge in [0.05, 0.1) is 16.7 Å². The number of fused-ring (bicyclic) bond motifs is 1. The van der Waals surface area contributed by atoms with E-state index in [0.717, 1.165) is 46.8 Å². The lowest BCUT2D eigenvalue weighted by Gasteiger charge is -2.08. The molecule has 0 atom stereocenters. The second-order valence-electron chi connectivity index (χ2n) is 7.84. The summed E-state index contributed by atoms with van der Waals surface area (Å²) in [5.74, 6) is 1.46. The average Bonchev–Trinajstić information content (AvgIpc) is 3.22. The Bertz CT molecular complexity index is 1240. The molecule has 0 unspecified atom stereocenters. The highest BCUT2D eigenvalue weighted by Crippen LogP contribution is 2.20. The molecular formula is C24H27N5O2. The molecule has 1 amide bonds. The Morgan fingerprint density at radius 2 is 1.94 bits per heavy atom. The van der Waals surface area contributed by atoms with Crippen LogP contribution in [-0.2, 0) is 24.8 Å². The third kappa shape index (κ3) is 4.77. The van der Waals surface area contributed by atoms with Crippen molar-refractivity contribution in [2.75, 3.05) is 11.9 Å². The number of imidazole rings is 1. The first-order valence-electron chi connectivity index (χ1n) is 10.3. The third-order valence-electron chi connectivity index (χ3n) is 5.27. The molecule has 0 aliphatic heterocycles. The second kappa shape index (κ2) is 8.63. The maximum atomic E-state index is 12.3. The Kier molecular flexibility index (Phi) is 5.75. The molecule has 7 nitrogen and oxygen atoms in total. The van der Waals surface area contributed by atoms with Gasteiger partial charge in [-0.15, -0.1) is 0 Å². The quantitative estimate of drug-likeness (QED) is 0.494. The number of carbonyl (C=O) groups excluding carboxylic acids is 1. The van der Waals surface area contributed by atoms with E-state index in [-0.39, 0.29) is 12.5 Å². The molecule has 0 aliphatic rings. The van der Waals surface area contributed by atoms with Crippen LogP contribution in [0.2, 0.25) is 0 Å². The zero-order valence-corrected chi connectivity index (χ0v) is 18.3. The standard InChI is InChI=1S/C24H27N5O2/c1-16-6-5-7-20(12-16)31-15-24(30)25-19-8-9-22-21(14-19)26-23(28(22)4)10-11-29-18(3)13-17(2)27-29/h5-9,12-14H,10-11,15H2,1-4H3,(H,25,30). The van der Waals surface area contributed by atoms with Crippen molar-refractivity contribution >= 4 is 22.6 Å². The molecular weight excluding hydrogens is 390 g/mol. The highest BCUT2D eigenvalue weighted by atomic mass is 16.5. The molecule has 7 heteroatoms. The summed E-state index contributed by atoms with van der Waals surface area (Å²) < 4.78 is 9.68. The summed E-state index contributed by atoms with van der Waals surface area (Å²) in [6.07, 6.45) is 0.777. The first-order chi connectivity index (χ1) is 14.9. The molecule has 0 radical (unpaired) electrons. The SMILES string of the molecule is Cc1cccc(OCC(=O)Nc2ccc3c(c2)nc(CCn2nc(C)cc2C)n3C)c1. The molecule has 2 aromatic carbocycles. The summed E-state index contributed by atoms with van der Waals surface area (Å²) in [6, 6.07) is 15.5. The molecule has 2 aromatic heterocycles. The molecule has 0 saturated heterocycles. The summed E-state index contributed by atoms with van der Waals surface area (Å²) in [4.78, 5) is 17.1. The van der Waals surface area contributed by atoms with Gasteiger partial charge in [0.1, 0.15) is 11.6 Å². The largest absolute Gasteiger partial charge is 0.484 e. The Labute approximate surface area is 181 Å². The van der Waals surface area contributed by atoms with Gasteiger partial charge in [-0.2, -0.15) is 5.10 Å². The molecule has 31 heavy (non-hydrogen) atoms. The number of aryl methyl sites for hydroxylation is 6. The predicted molar refractivity (Wildman–Crippen MR) is 121 cm³/mol. The molecule has 0 spiro atoms. The van der Waals surface area contributed by atoms with Crippen LogP contribution in [0.3, 0.4) is 0 Å². The number of hydrogen-bond acceptors (Lipinski definition) is 4. The number of carbonyl (C=O) groups is 1. The topological polar surface area (TPSA) is 74.0 Å². The minimum absolute atomic E-state index is 0.0441. The van der Waals surface area contributed by atoms with Crippen molar-refractivity contribution in [1.82, 2.24) is 19.3 Å². The van der Waals surface area contributed by atoms with Crippen molar-refractivity contribution in [3.05, 3.63) is 71.3 Å². The Morgan fingerprint density at radius 1 is 1.10 bits per heavy atom. The van der Waals surface area contributed by atoms with Gasteiger partial charge in [0.25, 0.3) is 5.91 Å². The minimum atomic E-state index is -0.207. The average molecular weight is 418 g/mol. The van der Waals surface area contributed by atoms with Crippen LogP contribution in [0.15, 0.2) is 48.5 Å². The fraction of sp³-hybridized carbons (Fsp3) is 0.292. The van der Waals surface area contributed by atoms with Crippen LogP contribution < -0.4 is 10.1 Å². The monoisotopic (exact) mass is 417 g/mol. The molecule has 1 N–H and O–H groups in total. The summed E-state index contributed by atoms with van der Waals surface area (Å²) >= 11 is 0. The van der Waals surface area contributed by atoms with Gasteiger partial charge in [0.2, 0.25) is 0 Å². The van der Waals surface area contributed by atoms with Crippen molar-refractivity contribution in [1.29, 1.82) is 0 Å². The summed E-state index contributed by atoms with van der Waals surface area (Å²) in [6.45, 7) is 6.78. The number of anilines is 1. The zero-order valence-electron chi connectivity index (χ0n) is 18.3. The number of ether oxygens (including phenoxy) is 1. The van der Waals surface area contributed by atoms with Crippen molar-refractivity contribution in [2.45, 2.75) is 33.7 Å². The number of benzene rings is 2. The van der Waals surface area contributed by atoms with Gasteiger partial charge in [0.15, 0.2) is 6.61 Å². The van der Waals surface area contributed by atoms with E-state index in [4.69, 9.17) is 9.72 Å². The van der Waals surface area contributed by atoms with Gasteiger partial charge in [-0.05, 0) is 62.7 Å². The smallest absolute Gasteiger partial charge is 0.262 e. The van der Waals surface area contributed by atoms with E-state index in [1.807, 2.05) is 68.0 Å². The highest BCUT2D eigenvalue weighted by molar-refractivity contribution is 5.94. The lowest BCUT2D eigenvalue weighted by Crippen LogP contribution is -2.20. The Hall–Kier alpha value is -3.61. The van der Waals surface area contributed by atoms with E-state index >= 15 is 0 Å². The zero-order chi connectivity index (χ0) is 22.0. The number of rotatable bonds is 7. The number of aromatic nitrogens is 4. The first kappa shape index (κ1) is 20.7. The number of hydrogen-bond donors (Lipinski definition) is 1. The second-order valence-corrected chi connectivity index (χ2v) is 7.84. The minimum Gasteiger partial charge on any atom is -0.484 e. The molecule has 0 fully saturated rings. The van der Waals surface area contributed by atoms with Crippen LogP contribution in [0, 0.1) is 20.8 Å². The maximum absolute atomic E-state index is 12.3. The summed E-state index contributed by atoms with van der Waals surface area (Å²) in [5.41, 5.74) is 5.84. The van der Waals surface area contributed by atoms with Gasteiger partial charge < -0.3 is 14.6 Å². The van der Waals surface area contributed by atoms with Crippen molar-refractivity contribution in [3.63, 3.8) is 0 Å². The van der Waals surface area contributed by atoms with Crippen molar-refractivity contribution in [2.24, 2.45) is 7.05 Å². The first-order valence-corrected chi connectivity index (χ1v) is 10.3. The molecule has 0 aliphatic carbocycles. The van der Waals surface area contributed by atoms with Gasteiger partial charge in [0, 0.05) is 31.4 Å². The fourth-order valence-electron chi connectivity index (χ4n) is 3.71. The fourth-order valence-corrected chi connectivity index (χ4v) is 3.71. The van der Waals surface area contributed by atoms with Crippen LogP contribution in [0.4, 0.5) is 5.69 Å².